The molecule has 90 valence electrons. The maximum atomic E-state index is 11.1. The maximum Gasteiger partial charge on any atom is 0.336 e. The number of carboxylic acids is 1. The number of carboxylic acid groups (broad SMARTS) is 1. The first kappa shape index (κ1) is 12.4. The van der Waals surface area contributed by atoms with E-state index in [2.05, 4.69) is 0 Å². The highest BCUT2D eigenvalue weighted by molar-refractivity contribution is 6.31. The Kier molecular flexibility index (Phi) is 3.80. The molecule has 0 aliphatic carbocycles. The Hall–Kier alpha value is -2.06. The molecule has 2 aromatic rings. The highest BCUT2D eigenvalue weighted by atomic mass is 35.5. The van der Waals surface area contributed by atoms with Gasteiger partial charge in [-0.05, 0) is 23.3 Å². The van der Waals surface area contributed by atoms with E-state index < -0.39 is 5.97 Å². The van der Waals surface area contributed by atoms with Gasteiger partial charge >= 0.3 is 5.97 Å². The fourth-order valence-electron chi connectivity index (χ4n) is 1.61. The number of carbonyl (C=O) groups is 1. The standard InChI is InChI=1S/C15H11ClO2/c16-13-9-8-12(14(10-13)15(17)18)7-6-11-4-2-1-3-5-11/h1-10H,(H,17,18)/b7-6+. The van der Waals surface area contributed by atoms with Gasteiger partial charge in [-0.2, -0.15) is 0 Å². The van der Waals surface area contributed by atoms with Gasteiger partial charge in [-0.15, -0.1) is 0 Å². The number of hydrogen-bond donors (Lipinski definition) is 1. The number of rotatable bonds is 3. The summed E-state index contributed by atoms with van der Waals surface area (Å²) in [6.07, 6.45) is 3.64. The summed E-state index contributed by atoms with van der Waals surface area (Å²) >= 11 is 5.79. The van der Waals surface area contributed by atoms with Crippen LogP contribution in [-0.4, -0.2) is 11.1 Å². The van der Waals surface area contributed by atoms with Crippen LogP contribution in [0.15, 0.2) is 48.5 Å². The highest BCUT2D eigenvalue weighted by Gasteiger charge is 2.08. The minimum atomic E-state index is -0.981. The normalized spacial score (nSPS) is 10.7. The van der Waals surface area contributed by atoms with Crippen molar-refractivity contribution in [2.24, 2.45) is 0 Å². The molecule has 0 fully saturated rings. The molecule has 2 rings (SSSR count). The van der Waals surface area contributed by atoms with Crippen molar-refractivity contribution in [2.75, 3.05) is 0 Å². The topological polar surface area (TPSA) is 37.3 Å². The molecule has 0 atom stereocenters. The third-order valence-electron chi connectivity index (χ3n) is 2.50. The molecule has 3 heteroatoms. The van der Waals surface area contributed by atoms with Gasteiger partial charge in [-0.1, -0.05) is 60.2 Å². The smallest absolute Gasteiger partial charge is 0.336 e. The van der Waals surface area contributed by atoms with E-state index in [0.29, 0.717) is 10.6 Å². The lowest BCUT2D eigenvalue weighted by atomic mass is 10.1. The van der Waals surface area contributed by atoms with Crippen LogP contribution in [0.5, 0.6) is 0 Å². The number of halogens is 1. The first-order valence-corrected chi connectivity index (χ1v) is 5.80. The largest absolute Gasteiger partial charge is 0.478 e. The molecular weight excluding hydrogens is 248 g/mol. The lowest BCUT2D eigenvalue weighted by molar-refractivity contribution is 0.0696. The highest BCUT2D eigenvalue weighted by Crippen LogP contribution is 2.18. The number of benzene rings is 2. The van der Waals surface area contributed by atoms with Gasteiger partial charge in [-0.3, -0.25) is 0 Å². The van der Waals surface area contributed by atoms with Crippen LogP contribution in [0.2, 0.25) is 5.02 Å². The van der Waals surface area contributed by atoms with Gasteiger partial charge in [0.05, 0.1) is 5.56 Å². The van der Waals surface area contributed by atoms with Gasteiger partial charge in [-0.25, -0.2) is 4.79 Å². The van der Waals surface area contributed by atoms with Gasteiger partial charge < -0.3 is 5.11 Å². The third-order valence-corrected chi connectivity index (χ3v) is 2.74. The average Bonchev–Trinajstić information content (AvgIpc) is 2.38. The van der Waals surface area contributed by atoms with E-state index in [0.717, 1.165) is 5.56 Å². The monoisotopic (exact) mass is 258 g/mol. The Labute approximate surface area is 110 Å². The number of hydrogen-bond acceptors (Lipinski definition) is 1. The van der Waals surface area contributed by atoms with E-state index in [4.69, 9.17) is 16.7 Å². The summed E-state index contributed by atoms with van der Waals surface area (Å²) in [5.41, 5.74) is 1.86. The summed E-state index contributed by atoms with van der Waals surface area (Å²) in [6.45, 7) is 0. The van der Waals surface area contributed by atoms with Gasteiger partial charge in [0.1, 0.15) is 0 Å². The fraction of sp³-hybridized carbons (Fsp3) is 0. The zero-order valence-corrected chi connectivity index (χ0v) is 10.3. The zero-order chi connectivity index (χ0) is 13.0. The Bertz CT molecular complexity index is 589. The van der Waals surface area contributed by atoms with Gasteiger partial charge in [0, 0.05) is 5.02 Å². The summed E-state index contributed by atoms with van der Waals surface area (Å²) in [4.78, 5) is 11.1. The fourth-order valence-corrected chi connectivity index (χ4v) is 1.78. The van der Waals surface area contributed by atoms with Crippen molar-refractivity contribution in [1.29, 1.82) is 0 Å². The van der Waals surface area contributed by atoms with Crippen molar-refractivity contribution >= 4 is 29.7 Å². The van der Waals surface area contributed by atoms with Crippen LogP contribution in [0.3, 0.4) is 0 Å². The average molecular weight is 259 g/mol. The predicted molar refractivity (Wildman–Crippen MR) is 73.8 cm³/mol. The second kappa shape index (κ2) is 5.52. The van der Waals surface area contributed by atoms with Gasteiger partial charge in [0.2, 0.25) is 0 Å². The molecular formula is C15H11ClO2. The minimum Gasteiger partial charge on any atom is -0.478 e. The van der Waals surface area contributed by atoms with E-state index in [1.54, 1.807) is 18.2 Å². The summed E-state index contributed by atoms with van der Waals surface area (Å²) in [5.74, 6) is -0.981. The molecule has 2 nitrogen and oxygen atoms in total. The van der Waals surface area contributed by atoms with Crippen LogP contribution in [0, 0.1) is 0 Å². The summed E-state index contributed by atoms with van der Waals surface area (Å²) in [5, 5.41) is 9.52. The molecule has 1 N–H and O–H groups in total. The van der Waals surface area contributed by atoms with E-state index >= 15 is 0 Å². The Morgan fingerprint density at radius 2 is 1.78 bits per heavy atom. The predicted octanol–water partition coefficient (Wildman–Crippen LogP) is 4.21. The van der Waals surface area contributed by atoms with Crippen LogP contribution >= 0.6 is 11.6 Å². The molecule has 2 aromatic carbocycles. The molecule has 0 saturated heterocycles. The molecule has 18 heavy (non-hydrogen) atoms. The van der Waals surface area contributed by atoms with E-state index in [-0.39, 0.29) is 5.56 Å². The molecule has 0 aliphatic heterocycles. The van der Waals surface area contributed by atoms with Crippen LogP contribution in [-0.2, 0) is 0 Å². The van der Waals surface area contributed by atoms with E-state index in [9.17, 15) is 4.79 Å². The van der Waals surface area contributed by atoms with E-state index in [1.165, 1.54) is 6.07 Å². The molecule has 0 aliphatic rings. The number of aromatic carboxylic acids is 1. The Morgan fingerprint density at radius 3 is 2.44 bits per heavy atom. The first-order valence-electron chi connectivity index (χ1n) is 5.43. The lowest BCUT2D eigenvalue weighted by Gasteiger charge is -2.01. The Morgan fingerprint density at radius 1 is 1.06 bits per heavy atom. The quantitative estimate of drug-likeness (QED) is 0.838. The Balaban J connectivity index is 2.35. The van der Waals surface area contributed by atoms with Gasteiger partial charge in [0.15, 0.2) is 0 Å². The summed E-state index contributed by atoms with van der Waals surface area (Å²) < 4.78 is 0. The van der Waals surface area contributed by atoms with E-state index in [1.807, 2.05) is 36.4 Å². The molecule has 0 saturated carbocycles. The summed E-state index contributed by atoms with van der Waals surface area (Å²) in [7, 11) is 0. The van der Waals surface area contributed by atoms with Crippen molar-refractivity contribution in [3.8, 4) is 0 Å². The van der Waals surface area contributed by atoms with Crippen molar-refractivity contribution in [3.05, 3.63) is 70.2 Å². The van der Waals surface area contributed by atoms with Crippen LogP contribution in [0.4, 0.5) is 0 Å². The first-order chi connectivity index (χ1) is 8.66. The van der Waals surface area contributed by atoms with Crippen molar-refractivity contribution in [2.45, 2.75) is 0 Å². The molecule has 0 bridgehead atoms. The minimum absolute atomic E-state index is 0.203. The van der Waals surface area contributed by atoms with Crippen molar-refractivity contribution in [3.63, 3.8) is 0 Å². The molecule has 0 aromatic heterocycles. The molecule has 0 spiro atoms. The second-order valence-corrected chi connectivity index (χ2v) is 4.22. The zero-order valence-electron chi connectivity index (χ0n) is 9.51. The van der Waals surface area contributed by atoms with Crippen molar-refractivity contribution in [1.82, 2.24) is 0 Å². The summed E-state index contributed by atoms with van der Waals surface area (Å²) in [6, 6.07) is 14.5. The SMILES string of the molecule is O=C(O)c1cc(Cl)ccc1/C=C/c1ccccc1. The van der Waals surface area contributed by atoms with Crippen molar-refractivity contribution < 1.29 is 9.90 Å². The maximum absolute atomic E-state index is 11.1. The molecule has 0 heterocycles. The van der Waals surface area contributed by atoms with Crippen LogP contribution in [0.1, 0.15) is 21.5 Å². The molecule has 0 radical (unpaired) electrons. The van der Waals surface area contributed by atoms with Crippen LogP contribution < -0.4 is 0 Å². The third kappa shape index (κ3) is 2.99. The van der Waals surface area contributed by atoms with Gasteiger partial charge in [0.25, 0.3) is 0 Å². The second-order valence-electron chi connectivity index (χ2n) is 3.78. The van der Waals surface area contributed by atoms with Crippen LogP contribution in [0.25, 0.3) is 12.2 Å². The molecule has 0 unspecified atom stereocenters. The lowest BCUT2D eigenvalue weighted by Crippen LogP contribution is -1.99. The molecule has 0 amide bonds.